The smallest absolute Gasteiger partial charge is 0.267 e. The molecule has 1 aliphatic heterocycles. The van der Waals surface area contributed by atoms with E-state index in [1.54, 1.807) is 18.2 Å². The normalized spacial score (nSPS) is 15.6. The van der Waals surface area contributed by atoms with Gasteiger partial charge < -0.3 is 5.32 Å². The van der Waals surface area contributed by atoms with E-state index in [1.807, 2.05) is 24.3 Å². The van der Waals surface area contributed by atoms with Crippen LogP contribution in [0, 0.1) is 0 Å². The SMILES string of the molecule is O=C(Nc1cccc(S(=O)(=O)N2CCCCC2)c1)c1sc2ccccc2c1Cl. The summed E-state index contributed by atoms with van der Waals surface area (Å²) in [6.45, 7) is 1.08. The maximum atomic E-state index is 12.9. The van der Waals surface area contributed by atoms with Crippen LogP contribution >= 0.6 is 22.9 Å². The minimum atomic E-state index is -3.56. The number of benzene rings is 2. The van der Waals surface area contributed by atoms with Crippen molar-refractivity contribution in [2.24, 2.45) is 0 Å². The minimum absolute atomic E-state index is 0.189. The van der Waals surface area contributed by atoms with Crippen molar-refractivity contribution in [1.82, 2.24) is 4.31 Å². The Kier molecular flexibility index (Phi) is 5.42. The maximum absolute atomic E-state index is 12.9. The first-order valence-electron chi connectivity index (χ1n) is 9.05. The number of amides is 1. The van der Waals surface area contributed by atoms with E-state index in [0.29, 0.717) is 28.7 Å². The number of rotatable bonds is 4. The number of piperidine rings is 1. The summed E-state index contributed by atoms with van der Waals surface area (Å²) in [6, 6.07) is 13.9. The minimum Gasteiger partial charge on any atom is -0.321 e. The van der Waals surface area contributed by atoms with Gasteiger partial charge in [0.05, 0.1) is 9.92 Å². The fraction of sp³-hybridized carbons (Fsp3) is 0.250. The highest BCUT2D eigenvalue weighted by Crippen LogP contribution is 2.35. The molecule has 1 amide bonds. The number of carbonyl (C=O) groups is 1. The van der Waals surface area contributed by atoms with Crippen LogP contribution in [0.1, 0.15) is 28.9 Å². The Morgan fingerprint density at radius 1 is 1.04 bits per heavy atom. The van der Waals surface area contributed by atoms with Gasteiger partial charge in [0, 0.05) is 28.9 Å². The molecular formula is C20H19ClN2O3S2. The monoisotopic (exact) mass is 434 g/mol. The third-order valence-electron chi connectivity index (χ3n) is 4.79. The van der Waals surface area contributed by atoms with Gasteiger partial charge in [0.1, 0.15) is 4.88 Å². The maximum Gasteiger partial charge on any atom is 0.267 e. The molecule has 5 nitrogen and oxygen atoms in total. The van der Waals surface area contributed by atoms with Crippen molar-refractivity contribution in [3.05, 3.63) is 58.4 Å². The molecule has 0 spiro atoms. The number of carbonyl (C=O) groups excluding carboxylic acids is 1. The van der Waals surface area contributed by atoms with Crippen molar-refractivity contribution in [2.45, 2.75) is 24.2 Å². The van der Waals surface area contributed by atoms with Gasteiger partial charge in [-0.25, -0.2) is 8.42 Å². The van der Waals surface area contributed by atoms with Gasteiger partial charge in [-0.15, -0.1) is 11.3 Å². The number of sulfonamides is 1. The fourth-order valence-corrected chi connectivity index (χ4v) is 6.31. The molecule has 3 aromatic rings. The Bertz CT molecular complexity index is 1140. The molecule has 1 fully saturated rings. The predicted molar refractivity (Wildman–Crippen MR) is 114 cm³/mol. The summed E-state index contributed by atoms with van der Waals surface area (Å²) in [5.41, 5.74) is 0.427. The Balaban J connectivity index is 1.59. The highest BCUT2D eigenvalue weighted by Gasteiger charge is 2.26. The Morgan fingerprint density at radius 2 is 1.79 bits per heavy atom. The van der Waals surface area contributed by atoms with Gasteiger partial charge in [0.2, 0.25) is 10.0 Å². The standard InChI is InChI=1S/C20H19ClN2O3S2/c21-18-16-9-2-3-10-17(16)27-19(18)20(24)22-14-7-6-8-15(13-14)28(25,26)23-11-4-1-5-12-23/h2-3,6-10,13H,1,4-5,11-12H2,(H,22,24). The van der Waals surface area contributed by atoms with Crippen LogP contribution in [0.3, 0.4) is 0 Å². The molecule has 0 saturated carbocycles. The van der Waals surface area contributed by atoms with Crippen molar-refractivity contribution in [2.75, 3.05) is 18.4 Å². The zero-order valence-electron chi connectivity index (χ0n) is 15.0. The van der Waals surface area contributed by atoms with E-state index >= 15 is 0 Å². The van der Waals surface area contributed by atoms with Crippen LogP contribution in [-0.4, -0.2) is 31.7 Å². The molecule has 0 aliphatic carbocycles. The van der Waals surface area contributed by atoms with E-state index in [1.165, 1.54) is 21.7 Å². The largest absolute Gasteiger partial charge is 0.321 e. The van der Waals surface area contributed by atoms with Crippen molar-refractivity contribution >= 4 is 54.6 Å². The van der Waals surface area contributed by atoms with Crippen LogP contribution in [-0.2, 0) is 10.0 Å². The number of anilines is 1. The Labute approximate surface area is 173 Å². The average Bonchev–Trinajstić information content (AvgIpc) is 3.06. The van der Waals surface area contributed by atoms with Crippen LogP contribution < -0.4 is 5.32 Å². The molecule has 0 bridgehead atoms. The Hall–Kier alpha value is -1.93. The highest BCUT2D eigenvalue weighted by molar-refractivity contribution is 7.89. The summed E-state index contributed by atoms with van der Waals surface area (Å²) < 4.78 is 28.2. The van der Waals surface area contributed by atoms with Crippen LogP contribution in [0.2, 0.25) is 5.02 Å². The summed E-state index contributed by atoms with van der Waals surface area (Å²) in [5.74, 6) is -0.348. The molecule has 1 saturated heterocycles. The molecule has 0 unspecified atom stereocenters. The number of hydrogen-bond donors (Lipinski definition) is 1. The van der Waals surface area contributed by atoms with Gasteiger partial charge in [0.15, 0.2) is 0 Å². The van der Waals surface area contributed by atoms with E-state index in [-0.39, 0.29) is 10.8 Å². The van der Waals surface area contributed by atoms with Crippen LogP contribution in [0.15, 0.2) is 53.4 Å². The highest BCUT2D eigenvalue weighted by atomic mass is 35.5. The summed E-state index contributed by atoms with van der Waals surface area (Å²) in [5, 5.41) is 4.03. The number of nitrogens with one attached hydrogen (secondary N) is 1. The molecule has 146 valence electrons. The molecular weight excluding hydrogens is 416 g/mol. The first-order valence-corrected chi connectivity index (χ1v) is 11.7. The molecule has 4 rings (SSSR count). The number of nitrogens with zero attached hydrogens (tertiary/aromatic N) is 1. The van der Waals surface area contributed by atoms with Gasteiger partial charge >= 0.3 is 0 Å². The summed E-state index contributed by atoms with van der Waals surface area (Å²) in [7, 11) is -3.56. The number of fused-ring (bicyclic) bond motifs is 1. The van der Waals surface area contributed by atoms with Gasteiger partial charge in [-0.1, -0.05) is 42.3 Å². The second-order valence-electron chi connectivity index (χ2n) is 6.69. The third kappa shape index (κ3) is 3.67. The second-order valence-corrected chi connectivity index (χ2v) is 10.1. The van der Waals surface area contributed by atoms with Crippen LogP contribution in [0.4, 0.5) is 5.69 Å². The summed E-state index contributed by atoms with van der Waals surface area (Å²) >= 11 is 7.68. The van der Waals surface area contributed by atoms with Gasteiger partial charge in [-0.3, -0.25) is 4.79 Å². The van der Waals surface area contributed by atoms with E-state index in [0.717, 1.165) is 29.3 Å². The topological polar surface area (TPSA) is 66.5 Å². The molecule has 1 aromatic heterocycles. The first-order chi connectivity index (χ1) is 13.5. The molecule has 2 aromatic carbocycles. The lowest BCUT2D eigenvalue weighted by molar-refractivity contribution is 0.103. The summed E-state index contributed by atoms with van der Waals surface area (Å²) in [6.07, 6.45) is 2.80. The molecule has 0 atom stereocenters. The zero-order chi connectivity index (χ0) is 19.7. The molecule has 1 aliphatic rings. The predicted octanol–water partition coefficient (Wildman–Crippen LogP) is 4.98. The van der Waals surface area contributed by atoms with Crippen molar-refractivity contribution in [3.63, 3.8) is 0 Å². The Morgan fingerprint density at radius 3 is 2.54 bits per heavy atom. The van der Waals surface area contributed by atoms with Crippen LogP contribution in [0.25, 0.3) is 10.1 Å². The van der Waals surface area contributed by atoms with E-state index in [9.17, 15) is 13.2 Å². The summed E-state index contributed by atoms with van der Waals surface area (Å²) in [4.78, 5) is 13.3. The molecule has 8 heteroatoms. The molecule has 0 radical (unpaired) electrons. The zero-order valence-corrected chi connectivity index (χ0v) is 17.4. The quantitative estimate of drug-likeness (QED) is 0.629. The lowest BCUT2D eigenvalue weighted by Gasteiger charge is -2.26. The lowest BCUT2D eigenvalue weighted by atomic mass is 10.2. The van der Waals surface area contributed by atoms with Gasteiger partial charge in [0.25, 0.3) is 5.91 Å². The van der Waals surface area contributed by atoms with Gasteiger partial charge in [-0.05, 0) is 37.1 Å². The third-order valence-corrected chi connectivity index (χ3v) is 8.35. The number of halogens is 1. The molecule has 28 heavy (non-hydrogen) atoms. The van der Waals surface area contributed by atoms with Crippen molar-refractivity contribution in [1.29, 1.82) is 0 Å². The lowest BCUT2D eigenvalue weighted by Crippen LogP contribution is -2.35. The second kappa shape index (κ2) is 7.83. The average molecular weight is 435 g/mol. The van der Waals surface area contributed by atoms with Crippen LogP contribution in [0.5, 0.6) is 0 Å². The number of thiophene rings is 1. The van der Waals surface area contributed by atoms with Crippen molar-refractivity contribution < 1.29 is 13.2 Å². The van der Waals surface area contributed by atoms with Crippen molar-refractivity contribution in [3.8, 4) is 0 Å². The first kappa shape index (κ1) is 19.4. The van der Waals surface area contributed by atoms with E-state index in [4.69, 9.17) is 11.6 Å². The van der Waals surface area contributed by atoms with E-state index < -0.39 is 10.0 Å². The fourth-order valence-electron chi connectivity index (χ4n) is 3.34. The number of hydrogen-bond acceptors (Lipinski definition) is 4. The van der Waals surface area contributed by atoms with E-state index in [2.05, 4.69) is 5.32 Å². The molecule has 1 N–H and O–H groups in total. The van der Waals surface area contributed by atoms with Gasteiger partial charge in [-0.2, -0.15) is 4.31 Å². The molecule has 2 heterocycles.